The fourth-order valence-electron chi connectivity index (χ4n) is 8.87. The van der Waals surface area contributed by atoms with E-state index in [0.29, 0.717) is 17.4 Å². The highest BCUT2D eigenvalue weighted by Crippen LogP contribution is 2.66. The lowest BCUT2D eigenvalue weighted by Crippen LogP contribution is -2.60. The summed E-state index contributed by atoms with van der Waals surface area (Å²) < 4.78 is 0. The Morgan fingerprint density at radius 2 is 1.56 bits per heavy atom. The van der Waals surface area contributed by atoms with Crippen LogP contribution in [0.2, 0.25) is 0 Å². The molecule has 5 rings (SSSR count). The summed E-state index contributed by atoms with van der Waals surface area (Å²) in [5, 5.41) is 21.7. The van der Waals surface area contributed by atoms with Gasteiger partial charge in [-0.2, -0.15) is 0 Å². The Morgan fingerprint density at radius 3 is 2.33 bits per heavy atom. The number of likely N-dealkylation sites (tertiary alicyclic amines) is 1. The Labute approximate surface area is 165 Å². The molecular formula is C24H41NO2. The molecule has 0 amide bonds. The monoisotopic (exact) mass is 375 g/mol. The van der Waals surface area contributed by atoms with E-state index in [1.165, 1.54) is 70.9 Å². The molecule has 1 aliphatic heterocycles. The van der Waals surface area contributed by atoms with Crippen molar-refractivity contribution >= 4 is 0 Å². The van der Waals surface area contributed by atoms with Gasteiger partial charge in [0.1, 0.15) is 0 Å². The zero-order valence-electron chi connectivity index (χ0n) is 17.6. The van der Waals surface area contributed by atoms with Crippen LogP contribution in [0.3, 0.4) is 0 Å². The first-order valence-electron chi connectivity index (χ1n) is 12.0. The molecule has 1 saturated heterocycles. The molecule has 154 valence electrons. The van der Waals surface area contributed by atoms with Crippen molar-refractivity contribution in [3.05, 3.63) is 0 Å². The van der Waals surface area contributed by atoms with Crippen LogP contribution >= 0.6 is 0 Å². The van der Waals surface area contributed by atoms with Crippen LogP contribution in [-0.2, 0) is 0 Å². The molecule has 0 spiro atoms. The lowest BCUT2D eigenvalue weighted by Gasteiger charge is -2.62. The molecular weight excluding hydrogens is 334 g/mol. The fourth-order valence-corrected chi connectivity index (χ4v) is 8.87. The number of aliphatic hydroxyl groups is 2. The van der Waals surface area contributed by atoms with Crippen LogP contribution in [0, 0.1) is 34.5 Å². The molecule has 4 saturated carbocycles. The molecule has 0 bridgehead atoms. The molecule has 0 radical (unpaired) electrons. The molecule has 9 atom stereocenters. The van der Waals surface area contributed by atoms with Crippen molar-refractivity contribution in [2.24, 2.45) is 34.5 Å². The maximum Gasteiger partial charge on any atom is 0.0698 e. The molecule has 1 heterocycles. The predicted molar refractivity (Wildman–Crippen MR) is 108 cm³/mol. The first kappa shape index (κ1) is 18.9. The summed E-state index contributed by atoms with van der Waals surface area (Å²) in [6, 6.07) is 0.396. The average molecular weight is 376 g/mol. The van der Waals surface area contributed by atoms with Crippen molar-refractivity contribution in [1.29, 1.82) is 0 Å². The van der Waals surface area contributed by atoms with Gasteiger partial charge in [0, 0.05) is 6.04 Å². The second kappa shape index (κ2) is 6.71. The molecule has 0 aromatic heterocycles. The Hall–Kier alpha value is -0.120. The van der Waals surface area contributed by atoms with Crippen molar-refractivity contribution < 1.29 is 10.2 Å². The molecule has 27 heavy (non-hydrogen) atoms. The molecule has 4 aliphatic carbocycles. The lowest BCUT2D eigenvalue weighted by molar-refractivity contribution is -0.154. The highest BCUT2D eigenvalue weighted by Gasteiger charge is 2.61. The fraction of sp³-hybridized carbons (Fsp3) is 1.00. The highest BCUT2D eigenvalue weighted by molar-refractivity contribution is 5.11. The Bertz CT molecular complexity index is 561. The number of aliphatic hydroxyl groups excluding tert-OH is 2. The SMILES string of the molecule is C[C@]12C[C@H](N3CCCCC3)[C@@H](O)C[C@@H]1CC[C@@H]1[C@@H]2CC[C@]2(C)[C@@H](O)CC[C@@H]12. The van der Waals surface area contributed by atoms with Gasteiger partial charge in [-0.1, -0.05) is 20.3 Å². The van der Waals surface area contributed by atoms with Gasteiger partial charge in [0.15, 0.2) is 0 Å². The molecule has 3 nitrogen and oxygen atoms in total. The summed E-state index contributed by atoms with van der Waals surface area (Å²) in [6.07, 6.45) is 13.5. The minimum atomic E-state index is -0.111. The van der Waals surface area contributed by atoms with E-state index in [2.05, 4.69) is 18.7 Å². The zero-order valence-corrected chi connectivity index (χ0v) is 17.6. The van der Waals surface area contributed by atoms with Gasteiger partial charge in [-0.25, -0.2) is 0 Å². The number of rotatable bonds is 1. The van der Waals surface area contributed by atoms with E-state index in [1.807, 2.05) is 0 Å². The van der Waals surface area contributed by atoms with Gasteiger partial charge in [0.05, 0.1) is 12.2 Å². The maximum atomic E-state index is 11.0. The van der Waals surface area contributed by atoms with Crippen LogP contribution in [0.4, 0.5) is 0 Å². The molecule has 5 aliphatic rings. The van der Waals surface area contributed by atoms with Crippen molar-refractivity contribution in [1.82, 2.24) is 4.90 Å². The average Bonchev–Trinajstić information content (AvgIpc) is 2.97. The predicted octanol–water partition coefficient (Wildman–Crippen LogP) is 4.22. The molecule has 0 aromatic carbocycles. The largest absolute Gasteiger partial charge is 0.393 e. The number of piperidine rings is 1. The number of fused-ring (bicyclic) bond motifs is 5. The van der Waals surface area contributed by atoms with Crippen LogP contribution in [0.5, 0.6) is 0 Å². The molecule has 5 fully saturated rings. The Balaban J connectivity index is 1.40. The van der Waals surface area contributed by atoms with E-state index in [9.17, 15) is 10.2 Å². The van der Waals surface area contributed by atoms with Crippen molar-refractivity contribution in [2.75, 3.05) is 13.1 Å². The maximum absolute atomic E-state index is 11.0. The van der Waals surface area contributed by atoms with Crippen LogP contribution in [0.25, 0.3) is 0 Å². The standard InChI is InChI=1S/C24H41NO2/c1-23-11-10-19-17(18(23)8-9-22(23)27)7-6-16-14-21(26)20(15-24(16,19)2)25-12-4-3-5-13-25/h16-22,26-27H,3-15H2,1-2H3/t16-,17-,18-,19-,20-,21-,22-,23-,24-/m0/s1. The van der Waals surface area contributed by atoms with E-state index in [0.717, 1.165) is 30.6 Å². The Kier molecular flexibility index (Phi) is 4.69. The molecule has 3 heteroatoms. The summed E-state index contributed by atoms with van der Waals surface area (Å²) >= 11 is 0. The van der Waals surface area contributed by atoms with Crippen molar-refractivity contribution in [3.8, 4) is 0 Å². The molecule has 2 N–H and O–H groups in total. The number of nitrogens with zero attached hydrogens (tertiary/aromatic N) is 1. The third-order valence-electron chi connectivity index (χ3n) is 10.5. The van der Waals surface area contributed by atoms with Crippen molar-refractivity contribution in [2.45, 2.75) is 103 Å². The summed E-state index contributed by atoms with van der Waals surface area (Å²) in [5.41, 5.74) is 0.587. The third-order valence-corrected chi connectivity index (χ3v) is 10.5. The van der Waals surface area contributed by atoms with E-state index in [4.69, 9.17) is 0 Å². The van der Waals surface area contributed by atoms with Gasteiger partial charge in [-0.3, -0.25) is 4.90 Å². The second-order valence-electron chi connectivity index (χ2n) is 11.5. The van der Waals surface area contributed by atoms with Crippen LogP contribution in [0.15, 0.2) is 0 Å². The van der Waals surface area contributed by atoms with Crippen LogP contribution in [-0.4, -0.2) is 46.5 Å². The van der Waals surface area contributed by atoms with Gasteiger partial charge in [-0.05, 0) is 112 Å². The summed E-state index contributed by atoms with van der Waals surface area (Å²) in [6.45, 7) is 7.39. The minimum Gasteiger partial charge on any atom is -0.393 e. The number of hydrogen-bond acceptors (Lipinski definition) is 3. The zero-order chi connectivity index (χ0) is 18.8. The number of hydrogen-bond donors (Lipinski definition) is 2. The third kappa shape index (κ3) is 2.78. The lowest BCUT2D eigenvalue weighted by atomic mass is 9.44. The van der Waals surface area contributed by atoms with E-state index in [-0.39, 0.29) is 17.6 Å². The first-order valence-corrected chi connectivity index (χ1v) is 12.0. The van der Waals surface area contributed by atoms with Crippen LogP contribution < -0.4 is 0 Å². The normalized spacial score (nSPS) is 56.2. The summed E-state index contributed by atoms with van der Waals surface area (Å²) in [4.78, 5) is 2.64. The van der Waals surface area contributed by atoms with Gasteiger partial charge >= 0.3 is 0 Å². The minimum absolute atomic E-state index is 0.0664. The topological polar surface area (TPSA) is 43.7 Å². The van der Waals surface area contributed by atoms with Gasteiger partial charge < -0.3 is 10.2 Å². The highest BCUT2D eigenvalue weighted by atomic mass is 16.3. The van der Waals surface area contributed by atoms with E-state index in [1.54, 1.807) is 0 Å². The first-order chi connectivity index (χ1) is 12.9. The van der Waals surface area contributed by atoms with Crippen molar-refractivity contribution in [3.63, 3.8) is 0 Å². The quantitative estimate of drug-likeness (QED) is 0.721. The van der Waals surface area contributed by atoms with E-state index >= 15 is 0 Å². The van der Waals surface area contributed by atoms with E-state index < -0.39 is 0 Å². The Morgan fingerprint density at radius 1 is 0.815 bits per heavy atom. The van der Waals surface area contributed by atoms with Gasteiger partial charge in [0.2, 0.25) is 0 Å². The van der Waals surface area contributed by atoms with Gasteiger partial charge in [0.25, 0.3) is 0 Å². The smallest absolute Gasteiger partial charge is 0.0698 e. The summed E-state index contributed by atoms with van der Waals surface area (Å²) in [5.74, 6) is 3.09. The summed E-state index contributed by atoms with van der Waals surface area (Å²) in [7, 11) is 0. The second-order valence-corrected chi connectivity index (χ2v) is 11.5. The molecule has 0 unspecified atom stereocenters. The molecule has 0 aromatic rings. The van der Waals surface area contributed by atoms with Crippen LogP contribution in [0.1, 0.15) is 84.5 Å². The van der Waals surface area contributed by atoms with Gasteiger partial charge in [-0.15, -0.1) is 0 Å².